The van der Waals surface area contributed by atoms with Crippen LogP contribution in [0.15, 0.2) is 43.0 Å². The molecule has 0 aliphatic carbocycles. The minimum Gasteiger partial charge on any atom is -0.467 e. The molecular weight excluding hydrogens is 322 g/mol. The number of hydrogen-bond acceptors (Lipinski definition) is 5. The summed E-state index contributed by atoms with van der Waals surface area (Å²) in [5.41, 5.74) is 0.412. The first kappa shape index (κ1) is 17.5. The van der Waals surface area contributed by atoms with E-state index in [2.05, 4.69) is 6.58 Å². The molecule has 6 heteroatoms. The molecule has 0 aromatic heterocycles. The van der Waals surface area contributed by atoms with Crippen molar-refractivity contribution in [1.82, 2.24) is 4.90 Å². The van der Waals surface area contributed by atoms with Crippen LogP contribution in [0.1, 0.15) is 12.0 Å². The van der Waals surface area contributed by atoms with E-state index < -0.39 is 23.5 Å². The maximum absolute atomic E-state index is 12.7. The lowest BCUT2D eigenvalue weighted by atomic mass is 9.73. The van der Waals surface area contributed by atoms with Gasteiger partial charge < -0.3 is 14.2 Å². The van der Waals surface area contributed by atoms with E-state index in [0.717, 1.165) is 5.56 Å². The summed E-state index contributed by atoms with van der Waals surface area (Å²) in [7, 11) is 1.33. The highest BCUT2D eigenvalue weighted by Crippen LogP contribution is 2.49. The van der Waals surface area contributed by atoms with E-state index in [1.54, 1.807) is 6.08 Å². The predicted molar refractivity (Wildman–Crippen MR) is 90.7 cm³/mol. The first-order valence-corrected chi connectivity index (χ1v) is 8.36. The van der Waals surface area contributed by atoms with Crippen LogP contribution in [0.2, 0.25) is 0 Å². The van der Waals surface area contributed by atoms with Crippen LogP contribution in [0, 0.1) is 11.3 Å². The van der Waals surface area contributed by atoms with E-state index in [0.29, 0.717) is 26.2 Å². The standard InChI is InChI=1S/C19H23NO5/c1-3-9-19-13-24-12-15(19)10-20(16(19)17(21)23-2)18(22)25-11-14-7-5-4-6-8-14/h3-8,15-16H,1,9-13H2,2H3/t15-,16-,19+/m1/s1. The van der Waals surface area contributed by atoms with Gasteiger partial charge in [-0.1, -0.05) is 36.4 Å². The molecule has 0 radical (unpaired) electrons. The zero-order valence-corrected chi connectivity index (χ0v) is 14.3. The average Bonchev–Trinajstić information content (AvgIpc) is 3.16. The van der Waals surface area contributed by atoms with Crippen LogP contribution in [0.5, 0.6) is 0 Å². The topological polar surface area (TPSA) is 65.1 Å². The molecule has 1 amide bonds. The Morgan fingerprint density at radius 3 is 2.84 bits per heavy atom. The van der Waals surface area contributed by atoms with E-state index in [1.807, 2.05) is 30.3 Å². The van der Waals surface area contributed by atoms with Crippen molar-refractivity contribution in [3.63, 3.8) is 0 Å². The monoisotopic (exact) mass is 345 g/mol. The van der Waals surface area contributed by atoms with Crippen LogP contribution in [0.25, 0.3) is 0 Å². The third kappa shape index (κ3) is 3.14. The molecule has 25 heavy (non-hydrogen) atoms. The van der Waals surface area contributed by atoms with Crippen molar-refractivity contribution in [2.45, 2.75) is 19.1 Å². The van der Waals surface area contributed by atoms with Crippen LogP contribution in [-0.4, -0.2) is 49.9 Å². The first-order chi connectivity index (χ1) is 12.1. The van der Waals surface area contributed by atoms with Crippen molar-refractivity contribution in [3.8, 4) is 0 Å². The van der Waals surface area contributed by atoms with Gasteiger partial charge in [0.1, 0.15) is 12.6 Å². The molecule has 2 saturated heterocycles. The fourth-order valence-electron chi connectivity index (χ4n) is 3.93. The predicted octanol–water partition coefficient (Wildman–Crippen LogP) is 2.39. The van der Waals surface area contributed by atoms with Gasteiger partial charge in [-0.15, -0.1) is 6.58 Å². The van der Waals surface area contributed by atoms with E-state index in [4.69, 9.17) is 14.2 Å². The third-order valence-corrected chi connectivity index (χ3v) is 5.16. The van der Waals surface area contributed by atoms with Crippen molar-refractivity contribution in [1.29, 1.82) is 0 Å². The van der Waals surface area contributed by atoms with Crippen LogP contribution in [0.4, 0.5) is 4.79 Å². The second kappa shape index (κ2) is 7.27. The molecule has 1 aromatic carbocycles. The molecule has 1 aromatic rings. The lowest BCUT2D eigenvalue weighted by Gasteiger charge is -2.33. The molecule has 2 aliphatic rings. The van der Waals surface area contributed by atoms with Crippen molar-refractivity contribution in [3.05, 3.63) is 48.6 Å². The third-order valence-electron chi connectivity index (χ3n) is 5.16. The molecule has 0 bridgehead atoms. The number of rotatable bonds is 5. The number of benzene rings is 1. The van der Waals surface area contributed by atoms with E-state index in [-0.39, 0.29) is 12.5 Å². The Labute approximate surface area is 147 Å². The Hall–Kier alpha value is -2.34. The second-order valence-electron chi connectivity index (χ2n) is 6.56. The Morgan fingerprint density at radius 1 is 1.40 bits per heavy atom. The van der Waals surface area contributed by atoms with Gasteiger partial charge >= 0.3 is 12.1 Å². The Balaban J connectivity index is 1.78. The van der Waals surface area contributed by atoms with Crippen LogP contribution in [-0.2, 0) is 25.6 Å². The SMILES string of the molecule is C=CC[C@]12COC[C@H]1CN(C(=O)OCc1ccccc1)[C@@H]2C(=O)OC. The number of nitrogens with zero attached hydrogens (tertiary/aromatic N) is 1. The van der Waals surface area contributed by atoms with Gasteiger partial charge in [-0.05, 0) is 12.0 Å². The minimum atomic E-state index is -0.716. The quantitative estimate of drug-likeness (QED) is 0.606. The number of esters is 1. The van der Waals surface area contributed by atoms with Gasteiger partial charge in [0.25, 0.3) is 0 Å². The largest absolute Gasteiger partial charge is 0.467 e. The van der Waals surface area contributed by atoms with Crippen molar-refractivity contribution in [2.24, 2.45) is 11.3 Å². The molecule has 3 atom stereocenters. The second-order valence-corrected chi connectivity index (χ2v) is 6.56. The van der Waals surface area contributed by atoms with Crippen LogP contribution < -0.4 is 0 Å². The number of allylic oxidation sites excluding steroid dienone is 1. The van der Waals surface area contributed by atoms with Crippen LogP contribution >= 0.6 is 0 Å². The molecule has 2 heterocycles. The summed E-state index contributed by atoms with van der Waals surface area (Å²) < 4.78 is 16.0. The molecule has 0 unspecified atom stereocenters. The summed E-state index contributed by atoms with van der Waals surface area (Å²) in [6.07, 6.45) is 1.85. The van der Waals surface area contributed by atoms with E-state index >= 15 is 0 Å². The molecular formula is C19H23NO5. The van der Waals surface area contributed by atoms with Gasteiger partial charge in [0.05, 0.1) is 20.3 Å². The molecule has 2 aliphatic heterocycles. The van der Waals surface area contributed by atoms with Gasteiger partial charge in [0.2, 0.25) is 0 Å². The number of carbonyl (C=O) groups excluding carboxylic acids is 2. The van der Waals surface area contributed by atoms with E-state index in [1.165, 1.54) is 12.0 Å². The van der Waals surface area contributed by atoms with E-state index in [9.17, 15) is 9.59 Å². The number of hydrogen-bond donors (Lipinski definition) is 0. The number of methoxy groups -OCH3 is 1. The maximum Gasteiger partial charge on any atom is 0.410 e. The summed E-state index contributed by atoms with van der Waals surface area (Å²) in [6, 6.07) is 8.73. The van der Waals surface area contributed by atoms with Crippen molar-refractivity contribution >= 4 is 12.1 Å². The first-order valence-electron chi connectivity index (χ1n) is 8.36. The highest BCUT2D eigenvalue weighted by molar-refractivity contribution is 5.83. The van der Waals surface area contributed by atoms with Crippen molar-refractivity contribution in [2.75, 3.05) is 26.9 Å². The number of likely N-dealkylation sites (tertiary alicyclic amines) is 1. The fraction of sp³-hybridized carbons (Fsp3) is 0.474. The van der Waals surface area contributed by atoms with Crippen molar-refractivity contribution < 1.29 is 23.8 Å². The maximum atomic E-state index is 12.7. The molecule has 2 fully saturated rings. The molecule has 0 spiro atoms. The zero-order chi connectivity index (χ0) is 17.9. The van der Waals surface area contributed by atoms with Gasteiger partial charge in [0.15, 0.2) is 0 Å². The number of ether oxygens (including phenoxy) is 3. The normalized spacial score (nSPS) is 27.6. The number of carbonyl (C=O) groups is 2. The minimum absolute atomic E-state index is 0.0684. The van der Waals surface area contributed by atoms with Crippen LogP contribution in [0.3, 0.4) is 0 Å². The highest BCUT2D eigenvalue weighted by atomic mass is 16.6. The zero-order valence-electron chi connectivity index (χ0n) is 14.3. The highest BCUT2D eigenvalue weighted by Gasteiger charge is 2.61. The molecule has 0 saturated carbocycles. The average molecular weight is 345 g/mol. The molecule has 6 nitrogen and oxygen atoms in total. The summed E-state index contributed by atoms with van der Waals surface area (Å²) in [6.45, 7) is 5.31. The van der Waals surface area contributed by atoms with Gasteiger partial charge in [-0.3, -0.25) is 4.90 Å². The summed E-state index contributed by atoms with van der Waals surface area (Å²) in [5, 5.41) is 0. The summed E-state index contributed by atoms with van der Waals surface area (Å²) in [4.78, 5) is 26.6. The Bertz CT molecular complexity index is 646. The summed E-state index contributed by atoms with van der Waals surface area (Å²) in [5.74, 6) is -0.370. The Kier molecular flexibility index (Phi) is 5.08. The lowest BCUT2D eigenvalue weighted by molar-refractivity contribution is -0.149. The number of amides is 1. The number of fused-ring (bicyclic) bond motifs is 1. The smallest absolute Gasteiger partial charge is 0.410 e. The molecule has 0 N–H and O–H groups in total. The van der Waals surface area contributed by atoms with Gasteiger partial charge in [-0.25, -0.2) is 9.59 Å². The molecule has 134 valence electrons. The van der Waals surface area contributed by atoms with Gasteiger partial charge in [0, 0.05) is 17.9 Å². The van der Waals surface area contributed by atoms with Gasteiger partial charge in [-0.2, -0.15) is 0 Å². The lowest BCUT2D eigenvalue weighted by Crippen LogP contribution is -2.50. The summed E-state index contributed by atoms with van der Waals surface area (Å²) >= 11 is 0. The fourth-order valence-corrected chi connectivity index (χ4v) is 3.93. The molecule has 3 rings (SSSR count). The Morgan fingerprint density at radius 2 is 2.16 bits per heavy atom.